The Hall–Kier alpha value is 1.04. The molecule has 0 saturated heterocycles. The number of hydrogen-bond acceptors (Lipinski definition) is 3. The summed E-state index contributed by atoms with van der Waals surface area (Å²) in [6, 6.07) is 0. The first-order valence-corrected chi connectivity index (χ1v) is 6.82. The number of carbonyl (C=O) groups excluding carboxylic acids is 1. The van der Waals surface area contributed by atoms with E-state index in [4.69, 9.17) is 3.76 Å². The molecule has 0 bridgehead atoms. The minimum atomic E-state index is -2.73. The number of amides is 1. The summed E-state index contributed by atoms with van der Waals surface area (Å²) in [5, 5.41) is -0.595. The Kier molecular flexibility index (Phi) is 4.46. The van der Waals surface area contributed by atoms with Gasteiger partial charge in [-0.25, -0.2) is 0 Å². The van der Waals surface area contributed by atoms with Crippen LogP contribution in [0.15, 0.2) is 0 Å². The second-order valence-electron chi connectivity index (χ2n) is 0.786. The molecule has 0 aromatic rings. The van der Waals surface area contributed by atoms with E-state index in [0.717, 1.165) is 2.86 Å². The quantitative estimate of drug-likeness (QED) is 0.477. The topological polar surface area (TPSA) is 40.5 Å². The van der Waals surface area contributed by atoms with Crippen molar-refractivity contribution in [3.63, 3.8) is 0 Å². The Labute approximate surface area is 67.8 Å². The third kappa shape index (κ3) is 3.14. The zero-order valence-corrected chi connectivity index (χ0v) is 8.13. The van der Waals surface area contributed by atoms with Gasteiger partial charge in [0, 0.05) is 0 Å². The van der Waals surface area contributed by atoms with E-state index in [1.54, 1.807) is 0 Å². The van der Waals surface area contributed by atoms with Gasteiger partial charge in [-0.05, 0) is 0 Å². The first kappa shape index (κ1) is 9.04. The Morgan fingerprint density at radius 3 is 2.25 bits per heavy atom. The van der Waals surface area contributed by atoms with Gasteiger partial charge in [0.15, 0.2) is 0 Å². The van der Waals surface area contributed by atoms with E-state index in [1.807, 2.05) is 0 Å². The fourth-order valence-electron chi connectivity index (χ4n) is 0.0668. The van der Waals surface area contributed by atoms with Crippen LogP contribution in [0.2, 0.25) is 0 Å². The molecule has 0 unspecified atom stereocenters. The fourth-order valence-corrected chi connectivity index (χ4v) is 1.58. The molecule has 0 heterocycles. The standard InChI is InChI=1S/CH3NOS2.Mo.H2O.S/c3-1(4)2-5;;;/h(H3,2,3,4,5);;1H2;/q;+2;;/p-2. The summed E-state index contributed by atoms with van der Waals surface area (Å²) in [6.45, 7) is 0. The van der Waals surface area contributed by atoms with E-state index in [2.05, 4.69) is 35.3 Å². The predicted octanol–water partition coefficient (Wildman–Crippen LogP) is 0.736. The summed E-state index contributed by atoms with van der Waals surface area (Å²) in [5.41, 5.74) is 0. The summed E-state index contributed by atoms with van der Waals surface area (Å²) >= 11 is 4.18. The van der Waals surface area contributed by atoms with Crippen molar-refractivity contribution in [2.24, 2.45) is 0 Å². The Morgan fingerprint density at radius 1 is 1.88 bits per heavy atom. The number of hydrogen-bond donors (Lipinski definition) is 3. The molecule has 0 spiro atoms. The molecule has 0 aliphatic rings. The van der Waals surface area contributed by atoms with Crippen molar-refractivity contribution in [2.45, 2.75) is 0 Å². The van der Waals surface area contributed by atoms with Crippen LogP contribution in [0, 0.1) is 0 Å². The van der Waals surface area contributed by atoms with Crippen molar-refractivity contribution in [2.75, 3.05) is 0 Å². The van der Waals surface area contributed by atoms with Crippen LogP contribution in [0.5, 0.6) is 0 Å². The summed E-state index contributed by atoms with van der Waals surface area (Å²) in [5.74, 6) is 0. The van der Waals surface area contributed by atoms with Crippen molar-refractivity contribution in [1.82, 2.24) is 2.86 Å². The van der Waals surface area contributed by atoms with Crippen molar-refractivity contribution in [3.8, 4) is 0 Å². The summed E-state index contributed by atoms with van der Waals surface area (Å²) in [4.78, 5) is 10.1. The van der Waals surface area contributed by atoms with Crippen LogP contribution in [0.3, 0.4) is 0 Å². The summed E-state index contributed by atoms with van der Waals surface area (Å²) in [7, 11) is 4.38. The van der Waals surface area contributed by atoms with Crippen molar-refractivity contribution in [1.29, 1.82) is 0 Å². The van der Waals surface area contributed by atoms with Crippen LogP contribution in [0.1, 0.15) is 0 Å². The van der Waals surface area contributed by atoms with Crippen LogP contribution >= 0.6 is 35.3 Å². The Balaban J connectivity index is 3.83. The van der Waals surface area contributed by atoms with Crippen LogP contribution < -0.4 is 0 Å². The molecule has 1 N–H and O–H groups in total. The SMILES string of the molecule is O=C(S)[N](S)[Mo]([OH])=[S]. The monoisotopic (exact) mass is 255 g/mol. The summed E-state index contributed by atoms with van der Waals surface area (Å²) in [6.07, 6.45) is 0. The van der Waals surface area contributed by atoms with Gasteiger partial charge in [-0.15, -0.1) is 0 Å². The second kappa shape index (κ2) is 3.95. The van der Waals surface area contributed by atoms with Gasteiger partial charge < -0.3 is 0 Å². The van der Waals surface area contributed by atoms with Gasteiger partial charge in [0.25, 0.3) is 0 Å². The zero-order chi connectivity index (χ0) is 6.73. The third-order valence-electron chi connectivity index (χ3n) is 0.312. The van der Waals surface area contributed by atoms with Gasteiger partial charge in [0.05, 0.1) is 0 Å². The average Bonchev–Trinajstić information content (AvgIpc) is 1.64. The van der Waals surface area contributed by atoms with Gasteiger partial charge in [0.1, 0.15) is 0 Å². The van der Waals surface area contributed by atoms with Gasteiger partial charge in [-0.1, -0.05) is 0 Å². The molecule has 0 aromatic carbocycles. The second-order valence-corrected chi connectivity index (χ2v) is 6.08. The molecule has 0 fully saturated rings. The van der Waals surface area contributed by atoms with Gasteiger partial charge >= 0.3 is 68.0 Å². The maximum absolute atomic E-state index is 10.1. The van der Waals surface area contributed by atoms with Gasteiger partial charge in [-0.2, -0.15) is 0 Å². The zero-order valence-electron chi connectivity index (χ0n) is 3.51. The van der Waals surface area contributed by atoms with E-state index in [-0.39, 0.29) is 0 Å². The molecule has 48 valence electrons. The first-order chi connectivity index (χ1) is 3.55. The molecule has 0 aliphatic carbocycles. The van der Waals surface area contributed by atoms with Crippen molar-refractivity contribution < 1.29 is 24.7 Å². The normalized spacial score (nSPS) is 9.50. The molecule has 7 heteroatoms. The van der Waals surface area contributed by atoms with E-state index in [1.165, 1.54) is 0 Å². The number of thiol groups is 2. The predicted molar refractivity (Wildman–Crippen MR) is 35.0 cm³/mol. The molecule has 0 radical (unpaired) electrons. The molecule has 0 aliphatic heterocycles. The molecule has 8 heavy (non-hydrogen) atoms. The third-order valence-corrected chi connectivity index (χ3v) is 4.80. The molecule has 0 atom stereocenters. The molecule has 3 nitrogen and oxygen atoms in total. The summed E-state index contributed by atoms with van der Waals surface area (Å²) < 4.78 is 9.35. The Morgan fingerprint density at radius 2 is 2.25 bits per heavy atom. The van der Waals surface area contributed by atoms with Crippen LogP contribution in [-0.2, 0) is 16.1 Å². The number of rotatable bonds is 1. The van der Waals surface area contributed by atoms with Gasteiger partial charge in [0.2, 0.25) is 0 Å². The minimum absolute atomic E-state index is 0.595. The van der Waals surface area contributed by atoms with Crippen molar-refractivity contribution in [3.05, 3.63) is 0 Å². The van der Waals surface area contributed by atoms with Crippen LogP contribution in [0.4, 0.5) is 4.79 Å². The first-order valence-electron chi connectivity index (χ1n) is 1.38. The number of carbonyl (C=O) groups is 1. The van der Waals surface area contributed by atoms with E-state index < -0.39 is 21.4 Å². The fraction of sp³-hybridized carbons (Fsp3) is 0. The van der Waals surface area contributed by atoms with Crippen LogP contribution in [-0.4, -0.2) is 11.9 Å². The Bertz CT molecular complexity index is 112. The van der Waals surface area contributed by atoms with Crippen LogP contribution in [0.25, 0.3) is 0 Å². The molecular weight excluding hydrogens is 250 g/mol. The average molecular weight is 253 g/mol. The molecule has 0 rings (SSSR count). The molecule has 0 aromatic heterocycles. The molecule has 0 saturated carbocycles. The number of nitrogens with zero attached hydrogens (tertiary/aromatic N) is 1. The van der Waals surface area contributed by atoms with Gasteiger partial charge in [-0.3, -0.25) is 0 Å². The molecule has 1 amide bonds. The molecular formula is CH3MoNO2S3. The maximum atomic E-state index is 10.1. The van der Waals surface area contributed by atoms with Crippen molar-refractivity contribution >= 4 is 40.5 Å². The van der Waals surface area contributed by atoms with E-state index in [9.17, 15) is 4.79 Å². The van der Waals surface area contributed by atoms with E-state index in [0.29, 0.717) is 0 Å². The van der Waals surface area contributed by atoms with E-state index >= 15 is 0 Å².